The van der Waals surface area contributed by atoms with E-state index in [1.54, 1.807) is 38.1 Å². The van der Waals surface area contributed by atoms with E-state index in [1.165, 1.54) is 7.11 Å². The van der Waals surface area contributed by atoms with Crippen molar-refractivity contribution < 1.29 is 23.8 Å². The number of nitrogens with two attached hydrogens (primary N) is 1. The number of ether oxygens (including phenoxy) is 3. The van der Waals surface area contributed by atoms with Crippen LogP contribution in [0.4, 0.5) is 0 Å². The molecule has 9 heteroatoms. The first-order valence-electron chi connectivity index (χ1n) is 8.94. The number of dihydropyridines is 1. The van der Waals surface area contributed by atoms with Gasteiger partial charge in [-0.2, -0.15) is 0 Å². The van der Waals surface area contributed by atoms with Gasteiger partial charge in [0.1, 0.15) is 0 Å². The second-order valence-electron chi connectivity index (χ2n) is 6.06. The van der Waals surface area contributed by atoms with Crippen LogP contribution in [0.2, 0.25) is 5.02 Å². The number of hydrogen-bond acceptors (Lipinski definition) is 7. The lowest BCUT2D eigenvalue weighted by Gasteiger charge is -2.31. The Morgan fingerprint density at radius 2 is 1.90 bits per heavy atom. The molecule has 0 unspecified atom stereocenters. The lowest BCUT2D eigenvalue weighted by Crippen LogP contribution is -2.35. The molecule has 0 amide bonds. The van der Waals surface area contributed by atoms with Gasteiger partial charge in [-0.3, -0.25) is 0 Å². The van der Waals surface area contributed by atoms with Gasteiger partial charge >= 0.3 is 11.9 Å². The Labute approximate surface area is 192 Å². The summed E-state index contributed by atoms with van der Waals surface area (Å²) in [5, 5.41) is 3.52. The molecule has 1 aliphatic rings. The van der Waals surface area contributed by atoms with E-state index in [4.69, 9.17) is 31.5 Å². The first-order valence-corrected chi connectivity index (χ1v) is 9.32. The maximum Gasteiger partial charge on any atom is 0.336 e. The number of halogens is 2. The van der Waals surface area contributed by atoms with Crippen LogP contribution < -0.4 is 11.1 Å². The number of carbonyl (C=O) groups is 2. The van der Waals surface area contributed by atoms with Crippen LogP contribution in [0.3, 0.4) is 0 Å². The SMILES string of the molecule is CCOC(=O)C1=C(COCCN)NC(C)=C(C(=O)OC)[C@@H]1c1ccccc1Cl.I. The third-order valence-electron chi connectivity index (χ3n) is 4.27. The van der Waals surface area contributed by atoms with Crippen LogP contribution in [0.1, 0.15) is 25.3 Å². The molecule has 2 rings (SSSR count). The van der Waals surface area contributed by atoms with E-state index >= 15 is 0 Å². The second-order valence-corrected chi connectivity index (χ2v) is 6.47. The maximum atomic E-state index is 12.9. The standard InChI is InChI=1S/C20H25ClN2O5.HI/c1-4-28-20(25)18-15(11-27-10-9-22)23-12(2)16(19(24)26-3)17(18)13-7-5-6-8-14(13)21;/h5-8,17,23H,4,9-11,22H2,1-3H3;1H/t17-;/m0./s1. The molecular formula is C20H26ClIN2O5. The molecule has 3 N–H and O–H groups in total. The highest BCUT2D eigenvalue weighted by Crippen LogP contribution is 2.41. The summed E-state index contributed by atoms with van der Waals surface area (Å²) < 4.78 is 15.8. The van der Waals surface area contributed by atoms with Crippen LogP contribution in [0.25, 0.3) is 0 Å². The van der Waals surface area contributed by atoms with Crippen molar-refractivity contribution >= 4 is 47.5 Å². The van der Waals surface area contributed by atoms with Gasteiger partial charge in [-0.25, -0.2) is 9.59 Å². The summed E-state index contributed by atoms with van der Waals surface area (Å²) in [6, 6.07) is 7.05. The van der Waals surface area contributed by atoms with E-state index in [0.29, 0.717) is 40.7 Å². The van der Waals surface area contributed by atoms with E-state index in [1.807, 2.05) is 0 Å². The van der Waals surface area contributed by atoms with E-state index < -0.39 is 17.9 Å². The lowest BCUT2D eigenvalue weighted by atomic mass is 9.80. The Hall–Kier alpha value is -1.62. The summed E-state index contributed by atoms with van der Waals surface area (Å²) in [6.07, 6.45) is 0. The van der Waals surface area contributed by atoms with Crippen LogP contribution in [0.15, 0.2) is 46.8 Å². The van der Waals surface area contributed by atoms with Gasteiger partial charge in [0.15, 0.2) is 0 Å². The largest absolute Gasteiger partial charge is 0.466 e. The summed E-state index contributed by atoms with van der Waals surface area (Å²) in [4.78, 5) is 25.5. The van der Waals surface area contributed by atoms with E-state index in [0.717, 1.165) is 0 Å². The van der Waals surface area contributed by atoms with Crippen molar-refractivity contribution in [3.63, 3.8) is 0 Å². The summed E-state index contributed by atoms with van der Waals surface area (Å²) in [7, 11) is 1.29. The average molecular weight is 537 g/mol. The number of esters is 2. The Balaban J connectivity index is 0.00000420. The van der Waals surface area contributed by atoms with Crippen molar-refractivity contribution in [3.8, 4) is 0 Å². The average Bonchev–Trinajstić information content (AvgIpc) is 2.67. The summed E-state index contributed by atoms with van der Waals surface area (Å²) in [5.41, 5.74) is 7.70. The monoisotopic (exact) mass is 536 g/mol. The Morgan fingerprint density at radius 1 is 1.21 bits per heavy atom. The molecule has 1 aliphatic heterocycles. The fraction of sp³-hybridized carbons (Fsp3) is 0.400. The number of allylic oxidation sites excluding steroid dienone is 1. The fourth-order valence-electron chi connectivity index (χ4n) is 3.12. The molecule has 0 aromatic heterocycles. The van der Waals surface area contributed by atoms with Crippen molar-refractivity contribution in [2.75, 3.05) is 33.5 Å². The smallest absolute Gasteiger partial charge is 0.336 e. The van der Waals surface area contributed by atoms with Crippen LogP contribution in [-0.4, -0.2) is 45.4 Å². The molecule has 0 radical (unpaired) electrons. The van der Waals surface area contributed by atoms with Crippen molar-refractivity contribution in [2.45, 2.75) is 19.8 Å². The van der Waals surface area contributed by atoms with Gasteiger partial charge in [0.25, 0.3) is 0 Å². The molecule has 0 fully saturated rings. The van der Waals surface area contributed by atoms with Gasteiger partial charge in [-0.05, 0) is 25.5 Å². The third-order valence-corrected chi connectivity index (χ3v) is 4.61. The van der Waals surface area contributed by atoms with Crippen molar-refractivity contribution in [3.05, 3.63) is 57.4 Å². The molecule has 0 saturated heterocycles. The highest BCUT2D eigenvalue weighted by atomic mass is 127. The highest BCUT2D eigenvalue weighted by molar-refractivity contribution is 14.0. The minimum Gasteiger partial charge on any atom is -0.466 e. The van der Waals surface area contributed by atoms with Crippen LogP contribution >= 0.6 is 35.6 Å². The van der Waals surface area contributed by atoms with Gasteiger partial charge in [0.2, 0.25) is 0 Å². The lowest BCUT2D eigenvalue weighted by molar-refractivity contribution is -0.139. The molecule has 7 nitrogen and oxygen atoms in total. The summed E-state index contributed by atoms with van der Waals surface area (Å²) >= 11 is 6.42. The van der Waals surface area contributed by atoms with Crippen LogP contribution in [0, 0.1) is 0 Å². The molecular weight excluding hydrogens is 511 g/mol. The molecule has 160 valence electrons. The second kappa shape index (κ2) is 12.2. The Kier molecular flexibility index (Phi) is 10.7. The number of benzene rings is 1. The Bertz CT molecular complexity index is 810. The van der Waals surface area contributed by atoms with Crippen molar-refractivity contribution in [1.29, 1.82) is 0 Å². The van der Waals surface area contributed by atoms with Gasteiger partial charge in [-0.1, -0.05) is 29.8 Å². The first-order chi connectivity index (χ1) is 13.5. The molecule has 1 atom stereocenters. The van der Waals surface area contributed by atoms with Crippen molar-refractivity contribution in [2.24, 2.45) is 5.73 Å². The van der Waals surface area contributed by atoms with E-state index in [2.05, 4.69) is 5.32 Å². The summed E-state index contributed by atoms with van der Waals surface area (Å²) in [6.45, 7) is 4.42. The first kappa shape index (κ1) is 25.4. The molecule has 0 aliphatic carbocycles. The molecule has 0 spiro atoms. The quantitative estimate of drug-likeness (QED) is 0.299. The highest BCUT2D eigenvalue weighted by Gasteiger charge is 2.39. The van der Waals surface area contributed by atoms with Crippen LogP contribution in [0.5, 0.6) is 0 Å². The zero-order chi connectivity index (χ0) is 20.7. The molecule has 1 aromatic carbocycles. The van der Waals surface area contributed by atoms with E-state index in [-0.39, 0.29) is 42.8 Å². The number of carbonyl (C=O) groups excluding carboxylic acids is 2. The molecule has 1 heterocycles. The number of nitrogens with one attached hydrogen (secondary N) is 1. The van der Waals surface area contributed by atoms with Gasteiger partial charge < -0.3 is 25.3 Å². The van der Waals surface area contributed by atoms with Gasteiger partial charge in [0.05, 0.1) is 49.7 Å². The predicted octanol–water partition coefficient (Wildman–Crippen LogP) is 2.88. The molecule has 29 heavy (non-hydrogen) atoms. The fourth-order valence-corrected chi connectivity index (χ4v) is 3.36. The maximum absolute atomic E-state index is 12.9. The Morgan fingerprint density at radius 3 is 2.48 bits per heavy atom. The molecule has 0 saturated carbocycles. The zero-order valence-electron chi connectivity index (χ0n) is 16.6. The van der Waals surface area contributed by atoms with Gasteiger partial charge in [0, 0.05) is 17.3 Å². The normalized spacial score (nSPS) is 16.1. The number of rotatable bonds is 8. The minimum absolute atomic E-state index is 0. The van der Waals surface area contributed by atoms with Crippen molar-refractivity contribution in [1.82, 2.24) is 5.32 Å². The van der Waals surface area contributed by atoms with Crippen LogP contribution in [-0.2, 0) is 23.8 Å². The third kappa shape index (κ3) is 5.94. The molecule has 0 bridgehead atoms. The number of hydrogen-bond donors (Lipinski definition) is 2. The zero-order valence-corrected chi connectivity index (χ0v) is 19.7. The summed E-state index contributed by atoms with van der Waals surface area (Å²) in [5.74, 6) is -1.86. The number of methoxy groups -OCH3 is 1. The molecule has 1 aromatic rings. The minimum atomic E-state index is -0.752. The predicted molar refractivity (Wildman–Crippen MR) is 121 cm³/mol. The van der Waals surface area contributed by atoms with E-state index in [9.17, 15) is 9.59 Å². The topological polar surface area (TPSA) is 99.9 Å². The van der Waals surface area contributed by atoms with Gasteiger partial charge in [-0.15, -0.1) is 24.0 Å².